The number of hydrogen-bond acceptors (Lipinski definition) is 2. The minimum absolute atomic E-state index is 0.977. The summed E-state index contributed by atoms with van der Waals surface area (Å²) in [5.41, 5.74) is 1.62. The molecule has 0 bridgehead atoms. The summed E-state index contributed by atoms with van der Waals surface area (Å²) < 4.78 is 2.13. The summed E-state index contributed by atoms with van der Waals surface area (Å²) in [5.74, 6) is 0.999. The highest BCUT2D eigenvalue weighted by Crippen LogP contribution is 2.19. The number of allylic oxidation sites excluding steroid dienone is 1. The largest absolute Gasteiger partial charge is 0.355 e. The number of imidazole rings is 1. The third-order valence-electron chi connectivity index (χ3n) is 3.17. The van der Waals surface area contributed by atoms with Crippen molar-refractivity contribution in [3.05, 3.63) is 24.0 Å². The van der Waals surface area contributed by atoms with E-state index in [0.717, 1.165) is 25.5 Å². The van der Waals surface area contributed by atoms with E-state index >= 15 is 0 Å². The number of hydrogen-bond donors (Lipinski definition) is 1. The first-order valence-corrected chi connectivity index (χ1v) is 6.33. The van der Waals surface area contributed by atoms with E-state index in [1.165, 1.54) is 25.7 Å². The van der Waals surface area contributed by atoms with Gasteiger partial charge in [-0.25, -0.2) is 4.98 Å². The summed E-state index contributed by atoms with van der Waals surface area (Å²) >= 11 is 0. The Hall–Kier alpha value is -1.25. The average Bonchev–Trinajstić information content (AvgIpc) is 2.78. The standard InChI is InChI=1S/C13H21N3/c1-2-16-11-10-15-13(16)14-9-8-12-6-4-3-5-7-12/h6,10-11H,2-5,7-9H2,1H3,(H,14,15). The molecule has 0 saturated carbocycles. The predicted octanol–water partition coefficient (Wildman–Crippen LogP) is 3.21. The van der Waals surface area contributed by atoms with E-state index < -0.39 is 0 Å². The van der Waals surface area contributed by atoms with Crippen LogP contribution in [0.15, 0.2) is 24.0 Å². The second-order valence-corrected chi connectivity index (χ2v) is 4.32. The van der Waals surface area contributed by atoms with Crippen LogP contribution in [0.25, 0.3) is 0 Å². The van der Waals surface area contributed by atoms with Crippen molar-refractivity contribution in [2.45, 2.75) is 45.6 Å². The molecular weight excluding hydrogens is 198 g/mol. The fourth-order valence-electron chi connectivity index (χ4n) is 2.20. The highest BCUT2D eigenvalue weighted by Gasteiger charge is 2.04. The van der Waals surface area contributed by atoms with E-state index in [-0.39, 0.29) is 0 Å². The Morgan fingerprint density at radius 3 is 3.12 bits per heavy atom. The number of anilines is 1. The molecule has 3 heteroatoms. The Balaban J connectivity index is 1.77. The molecule has 0 fully saturated rings. The molecule has 1 N–H and O–H groups in total. The molecule has 0 spiro atoms. The summed E-state index contributed by atoms with van der Waals surface area (Å²) in [6.07, 6.45) is 12.8. The van der Waals surface area contributed by atoms with E-state index in [1.807, 2.05) is 12.4 Å². The van der Waals surface area contributed by atoms with E-state index in [1.54, 1.807) is 5.57 Å². The minimum Gasteiger partial charge on any atom is -0.355 e. The lowest BCUT2D eigenvalue weighted by Crippen LogP contribution is -2.09. The normalized spacial score (nSPS) is 15.9. The molecule has 0 aromatic carbocycles. The van der Waals surface area contributed by atoms with Crippen molar-refractivity contribution in [1.29, 1.82) is 0 Å². The molecule has 0 saturated heterocycles. The van der Waals surface area contributed by atoms with Crippen LogP contribution in [-0.4, -0.2) is 16.1 Å². The quantitative estimate of drug-likeness (QED) is 0.771. The Labute approximate surface area is 97.6 Å². The van der Waals surface area contributed by atoms with Crippen molar-refractivity contribution in [2.75, 3.05) is 11.9 Å². The van der Waals surface area contributed by atoms with Crippen molar-refractivity contribution in [1.82, 2.24) is 9.55 Å². The molecule has 1 aromatic heterocycles. The number of rotatable bonds is 5. The molecule has 2 rings (SSSR count). The Bertz CT molecular complexity index is 352. The van der Waals surface area contributed by atoms with Crippen LogP contribution in [0.2, 0.25) is 0 Å². The molecule has 1 aliphatic carbocycles. The summed E-state index contributed by atoms with van der Waals surface area (Å²) in [7, 11) is 0. The van der Waals surface area contributed by atoms with Crippen molar-refractivity contribution in [3.8, 4) is 0 Å². The summed E-state index contributed by atoms with van der Waals surface area (Å²) in [6, 6.07) is 0. The predicted molar refractivity (Wildman–Crippen MR) is 67.6 cm³/mol. The van der Waals surface area contributed by atoms with Crippen LogP contribution in [0, 0.1) is 0 Å². The maximum atomic E-state index is 4.30. The van der Waals surface area contributed by atoms with Crippen LogP contribution in [0.4, 0.5) is 5.95 Å². The molecule has 0 radical (unpaired) electrons. The van der Waals surface area contributed by atoms with Crippen LogP contribution < -0.4 is 5.32 Å². The lowest BCUT2D eigenvalue weighted by atomic mass is 9.97. The zero-order valence-corrected chi connectivity index (χ0v) is 10.1. The third-order valence-corrected chi connectivity index (χ3v) is 3.17. The molecule has 1 heterocycles. The topological polar surface area (TPSA) is 29.9 Å². The van der Waals surface area contributed by atoms with Gasteiger partial charge in [0.15, 0.2) is 0 Å². The van der Waals surface area contributed by atoms with E-state index in [0.29, 0.717) is 0 Å². The van der Waals surface area contributed by atoms with Crippen molar-refractivity contribution in [2.24, 2.45) is 0 Å². The minimum atomic E-state index is 0.977. The van der Waals surface area contributed by atoms with Gasteiger partial charge in [0.25, 0.3) is 0 Å². The molecule has 16 heavy (non-hydrogen) atoms. The number of aryl methyl sites for hydroxylation is 1. The number of nitrogens with one attached hydrogen (secondary N) is 1. The highest BCUT2D eigenvalue weighted by atomic mass is 15.2. The second kappa shape index (κ2) is 5.73. The molecule has 1 aliphatic rings. The van der Waals surface area contributed by atoms with Gasteiger partial charge in [0, 0.05) is 25.5 Å². The number of aromatic nitrogens is 2. The van der Waals surface area contributed by atoms with Gasteiger partial charge >= 0.3 is 0 Å². The Morgan fingerprint density at radius 1 is 1.44 bits per heavy atom. The molecule has 0 aliphatic heterocycles. The molecular formula is C13H21N3. The smallest absolute Gasteiger partial charge is 0.202 e. The Kier molecular flexibility index (Phi) is 4.03. The maximum absolute atomic E-state index is 4.30. The van der Waals surface area contributed by atoms with E-state index in [4.69, 9.17) is 0 Å². The summed E-state index contributed by atoms with van der Waals surface area (Å²) in [5, 5.41) is 3.40. The first-order valence-electron chi connectivity index (χ1n) is 6.33. The molecule has 0 unspecified atom stereocenters. The first-order chi connectivity index (χ1) is 7.90. The van der Waals surface area contributed by atoms with Crippen molar-refractivity contribution < 1.29 is 0 Å². The van der Waals surface area contributed by atoms with Gasteiger partial charge in [0.2, 0.25) is 5.95 Å². The van der Waals surface area contributed by atoms with Gasteiger partial charge in [0.1, 0.15) is 0 Å². The Morgan fingerprint density at radius 2 is 2.38 bits per heavy atom. The maximum Gasteiger partial charge on any atom is 0.202 e. The van der Waals surface area contributed by atoms with Gasteiger partial charge in [-0.2, -0.15) is 0 Å². The second-order valence-electron chi connectivity index (χ2n) is 4.32. The van der Waals surface area contributed by atoms with Crippen LogP contribution in [-0.2, 0) is 6.54 Å². The van der Waals surface area contributed by atoms with Gasteiger partial charge in [-0.05, 0) is 39.0 Å². The average molecular weight is 219 g/mol. The number of nitrogens with zero attached hydrogens (tertiary/aromatic N) is 2. The third kappa shape index (κ3) is 2.87. The lowest BCUT2D eigenvalue weighted by molar-refractivity contribution is 0.677. The van der Waals surface area contributed by atoms with Gasteiger partial charge in [-0.3, -0.25) is 0 Å². The van der Waals surface area contributed by atoms with E-state index in [2.05, 4.69) is 27.9 Å². The van der Waals surface area contributed by atoms with Crippen LogP contribution in [0.1, 0.15) is 39.0 Å². The zero-order valence-electron chi connectivity index (χ0n) is 10.1. The van der Waals surface area contributed by atoms with Crippen molar-refractivity contribution in [3.63, 3.8) is 0 Å². The highest BCUT2D eigenvalue weighted by molar-refractivity contribution is 5.26. The molecule has 1 aromatic rings. The van der Waals surface area contributed by atoms with Gasteiger partial charge in [-0.1, -0.05) is 11.6 Å². The zero-order chi connectivity index (χ0) is 11.2. The van der Waals surface area contributed by atoms with Crippen molar-refractivity contribution >= 4 is 5.95 Å². The summed E-state index contributed by atoms with van der Waals surface area (Å²) in [6.45, 7) is 4.12. The molecule has 88 valence electrons. The fraction of sp³-hybridized carbons (Fsp3) is 0.615. The monoisotopic (exact) mass is 219 g/mol. The SMILES string of the molecule is CCn1ccnc1NCCC1=CCCCC1. The van der Waals surface area contributed by atoms with Crippen LogP contribution >= 0.6 is 0 Å². The van der Waals surface area contributed by atoms with Gasteiger partial charge in [0.05, 0.1) is 0 Å². The van der Waals surface area contributed by atoms with Crippen LogP contribution in [0.5, 0.6) is 0 Å². The lowest BCUT2D eigenvalue weighted by Gasteiger charge is -2.13. The van der Waals surface area contributed by atoms with Gasteiger partial charge in [-0.15, -0.1) is 0 Å². The fourth-order valence-corrected chi connectivity index (χ4v) is 2.20. The first kappa shape index (κ1) is 11.2. The molecule has 3 nitrogen and oxygen atoms in total. The molecule has 0 atom stereocenters. The molecule has 0 amide bonds. The van der Waals surface area contributed by atoms with Crippen LogP contribution in [0.3, 0.4) is 0 Å². The van der Waals surface area contributed by atoms with Gasteiger partial charge < -0.3 is 9.88 Å². The van der Waals surface area contributed by atoms with E-state index in [9.17, 15) is 0 Å². The summed E-state index contributed by atoms with van der Waals surface area (Å²) in [4.78, 5) is 4.30.